The molecule has 0 saturated carbocycles. The summed E-state index contributed by atoms with van der Waals surface area (Å²) >= 11 is 0. The molecule has 4 rings (SSSR count). The van der Waals surface area contributed by atoms with Gasteiger partial charge in [0.2, 0.25) is 11.3 Å². The van der Waals surface area contributed by atoms with Gasteiger partial charge in [-0.15, -0.1) is 0 Å². The number of nitrogens with one attached hydrogen (secondary N) is 2. The number of pyridine rings is 2. The van der Waals surface area contributed by atoms with E-state index in [0.29, 0.717) is 22.3 Å². The number of hydrogen-bond donors (Lipinski definition) is 2. The van der Waals surface area contributed by atoms with Gasteiger partial charge in [-0.25, -0.2) is 4.98 Å². The van der Waals surface area contributed by atoms with E-state index in [4.69, 9.17) is 4.74 Å². The highest BCUT2D eigenvalue weighted by atomic mass is 16.5. The lowest BCUT2D eigenvalue weighted by molar-refractivity contribution is 0.102. The molecule has 29 heavy (non-hydrogen) atoms. The van der Waals surface area contributed by atoms with Gasteiger partial charge in [-0.1, -0.05) is 24.3 Å². The Morgan fingerprint density at radius 2 is 1.86 bits per heavy atom. The van der Waals surface area contributed by atoms with Gasteiger partial charge in [0, 0.05) is 23.3 Å². The minimum atomic E-state index is -0.532. The first-order chi connectivity index (χ1) is 14.0. The second-order valence-electron chi connectivity index (χ2n) is 6.69. The van der Waals surface area contributed by atoms with Crippen LogP contribution in [0.1, 0.15) is 21.5 Å². The summed E-state index contributed by atoms with van der Waals surface area (Å²) in [6.07, 6.45) is 3.00. The van der Waals surface area contributed by atoms with Gasteiger partial charge in [0.15, 0.2) is 0 Å². The summed E-state index contributed by atoms with van der Waals surface area (Å²) in [7, 11) is 0. The van der Waals surface area contributed by atoms with Gasteiger partial charge in [0.05, 0.1) is 0 Å². The third kappa shape index (κ3) is 3.60. The number of amides is 1. The summed E-state index contributed by atoms with van der Waals surface area (Å²) in [5, 5.41) is 3.20. The molecule has 0 aliphatic carbocycles. The number of carbonyl (C=O) groups is 1. The second kappa shape index (κ2) is 7.59. The molecule has 2 N–H and O–H groups in total. The standard InChI is InChI=1S/C23H19N3O3/c1-14-7-5-11-20(15(14)2)29-23-19(10-6-12-24-23)26-22(28)17-13-25-18-9-4-3-8-16(18)21(17)27/h3-13H,1-2H3,(H,25,27)(H,26,28). The average molecular weight is 385 g/mol. The molecule has 0 atom stereocenters. The molecule has 2 aromatic carbocycles. The Morgan fingerprint density at radius 1 is 1.03 bits per heavy atom. The van der Waals surface area contributed by atoms with Crippen molar-refractivity contribution in [3.8, 4) is 11.6 Å². The number of hydrogen-bond acceptors (Lipinski definition) is 4. The molecule has 0 aliphatic heterocycles. The van der Waals surface area contributed by atoms with E-state index in [1.165, 1.54) is 6.20 Å². The predicted octanol–water partition coefficient (Wildman–Crippen LogP) is 4.58. The number of aryl methyl sites for hydroxylation is 1. The third-order valence-electron chi connectivity index (χ3n) is 4.81. The quantitative estimate of drug-likeness (QED) is 0.538. The summed E-state index contributed by atoms with van der Waals surface area (Å²) < 4.78 is 5.95. The van der Waals surface area contributed by atoms with Crippen LogP contribution in [0, 0.1) is 13.8 Å². The van der Waals surface area contributed by atoms with Crippen molar-refractivity contribution in [2.24, 2.45) is 0 Å². The Bertz CT molecular complexity index is 1280. The zero-order valence-electron chi connectivity index (χ0n) is 16.0. The molecule has 0 spiro atoms. The lowest BCUT2D eigenvalue weighted by Gasteiger charge is -2.13. The molecule has 6 heteroatoms. The number of carbonyl (C=O) groups excluding carboxylic acids is 1. The molecule has 144 valence electrons. The van der Waals surface area contributed by atoms with E-state index in [9.17, 15) is 9.59 Å². The van der Waals surface area contributed by atoms with Crippen molar-refractivity contribution in [3.63, 3.8) is 0 Å². The highest BCUT2D eigenvalue weighted by Gasteiger charge is 2.16. The number of aromatic amines is 1. The number of H-pyrrole nitrogens is 1. The molecule has 2 aromatic heterocycles. The number of rotatable bonds is 4. The number of nitrogens with zero attached hydrogens (tertiary/aromatic N) is 1. The third-order valence-corrected chi connectivity index (χ3v) is 4.81. The molecule has 0 bridgehead atoms. The maximum Gasteiger partial charge on any atom is 0.261 e. The zero-order valence-corrected chi connectivity index (χ0v) is 16.0. The van der Waals surface area contributed by atoms with E-state index in [0.717, 1.165) is 11.1 Å². The van der Waals surface area contributed by atoms with Crippen LogP contribution >= 0.6 is 0 Å². The van der Waals surface area contributed by atoms with Crippen molar-refractivity contribution in [3.05, 3.63) is 93.9 Å². The fourth-order valence-electron chi connectivity index (χ4n) is 3.03. The van der Waals surface area contributed by atoms with Gasteiger partial charge in [-0.3, -0.25) is 9.59 Å². The smallest absolute Gasteiger partial charge is 0.261 e. The van der Waals surface area contributed by atoms with Gasteiger partial charge >= 0.3 is 0 Å². The molecule has 0 fully saturated rings. The Labute approximate surface area is 167 Å². The van der Waals surface area contributed by atoms with E-state index in [1.807, 2.05) is 38.1 Å². The van der Waals surface area contributed by atoms with E-state index in [-0.39, 0.29) is 16.9 Å². The fourth-order valence-corrected chi connectivity index (χ4v) is 3.03. The van der Waals surface area contributed by atoms with Crippen LogP contribution in [0.5, 0.6) is 11.6 Å². The van der Waals surface area contributed by atoms with Crippen molar-refractivity contribution in [2.45, 2.75) is 13.8 Å². The van der Waals surface area contributed by atoms with Gasteiger partial charge in [0.25, 0.3) is 5.91 Å². The topological polar surface area (TPSA) is 84.1 Å². The van der Waals surface area contributed by atoms with Crippen LogP contribution in [0.25, 0.3) is 10.9 Å². The van der Waals surface area contributed by atoms with Crippen LogP contribution in [0.4, 0.5) is 5.69 Å². The van der Waals surface area contributed by atoms with Crippen LogP contribution in [0.15, 0.2) is 71.8 Å². The summed E-state index contributed by atoms with van der Waals surface area (Å²) in [5.74, 6) is 0.380. The lowest BCUT2D eigenvalue weighted by atomic mass is 10.1. The van der Waals surface area contributed by atoms with Crippen LogP contribution in [-0.4, -0.2) is 15.9 Å². The van der Waals surface area contributed by atoms with Crippen LogP contribution in [0.2, 0.25) is 0 Å². The van der Waals surface area contributed by atoms with Gasteiger partial charge in [-0.05, 0) is 55.3 Å². The Kier molecular flexibility index (Phi) is 4.83. The highest BCUT2D eigenvalue weighted by Crippen LogP contribution is 2.30. The normalized spacial score (nSPS) is 10.7. The number of fused-ring (bicyclic) bond motifs is 1. The van der Waals surface area contributed by atoms with Crippen molar-refractivity contribution < 1.29 is 9.53 Å². The highest BCUT2D eigenvalue weighted by molar-refractivity contribution is 6.06. The first-order valence-electron chi connectivity index (χ1n) is 9.15. The number of aromatic nitrogens is 2. The van der Waals surface area contributed by atoms with Crippen molar-refractivity contribution in [1.82, 2.24) is 9.97 Å². The number of anilines is 1. The summed E-state index contributed by atoms with van der Waals surface area (Å²) in [4.78, 5) is 32.7. The zero-order chi connectivity index (χ0) is 20.4. The Balaban J connectivity index is 1.65. The summed E-state index contributed by atoms with van der Waals surface area (Å²) in [6, 6.07) is 16.2. The fraction of sp³-hybridized carbons (Fsp3) is 0.0870. The molecule has 0 radical (unpaired) electrons. The maximum absolute atomic E-state index is 12.8. The first kappa shape index (κ1) is 18.4. The van der Waals surface area contributed by atoms with Gasteiger partial charge in [-0.2, -0.15) is 0 Å². The van der Waals surface area contributed by atoms with E-state index < -0.39 is 5.91 Å². The SMILES string of the molecule is Cc1cccc(Oc2ncccc2NC(=O)c2c[nH]c3ccccc3c2=O)c1C. The van der Waals surface area contributed by atoms with Crippen LogP contribution in [0.3, 0.4) is 0 Å². The Hall–Kier alpha value is -3.93. The van der Waals surface area contributed by atoms with E-state index in [1.54, 1.807) is 36.5 Å². The molecule has 4 aromatic rings. The van der Waals surface area contributed by atoms with Crippen LogP contribution in [-0.2, 0) is 0 Å². The Morgan fingerprint density at radius 3 is 2.72 bits per heavy atom. The molecular weight excluding hydrogens is 366 g/mol. The summed E-state index contributed by atoms with van der Waals surface area (Å²) in [6.45, 7) is 3.95. The number of para-hydroxylation sites is 1. The van der Waals surface area contributed by atoms with Crippen molar-refractivity contribution >= 4 is 22.5 Å². The van der Waals surface area contributed by atoms with Crippen molar-refractivity contribution in [1.29, 1.82) is 0 Å². The molecule has 6 nitrogen and oxygen atoms in total. The number of benzene rings is 2. The molecule has 1 amide bonds. The molecule has 0 saturated heterocycles. The van der Waals surface area contributed by atoms with Gasteiger partial charge in [0.1, 0.15) is 17.0 Å². The minimum absolute atomic E-state index is 0.0187. The van der Waals surface area contributed by atoms with Gasteiger partial charge < -0.3 is 15.0 Å². The minimum Gasteiger partial charge on any atom is -0.437 e. The monoisotopic (exact) mass is 385 g/mol. The molecule has 2 heterocycles. The van der Waals surface area contributed by atoms with Crippen molar-refractivity contribution in [2.75, 3.05) is 5.32 Å². The first-order valence-corrected chi connectivity index (χ1v) is 9.15. The average Bonchev–Trinajstić information content (AvgIpc) is 2.73. The summed E-state index contributed by atoms with van der Waals surface area (Å²) in [5.41, 5.74) is 2.82. The predicted molar refractivity (Wildman–Crippen MR) is 113 cm³/mol. The molecule has 0 unspecified atom stereocenters. The second-order valence-corrected chi connectivity index (χ2v) is 6.69. The maximum atomic E-state index is 12.8. The number of ether oxygens (including phenoxy) is 1. The lowest BCUT2D eigenvalue weighted by Crippen LogP contribution is -2.22. The molecular formula is C23H19N3O3. The molecule has 0 aliphatic rings. The van der Waals surface area contributed by atoms with Crippen LogP contribution < -0.4 is 15.5 Å². The van der Waals surface area contributed by atoms with E-state index in [2.05, 4.69) is 15.3 Å². The van der Waals surface area contributed by atoms with E-state index >= 15 is 0 Å². The largest absolute Gasteiger partial charge is 0.437 e.